The van der Waals surface area contributed by atoms with E-state index in [9.17, 15) is 18.0 Å². The Bertz CT molecular complexity index is 933. The first-order chi connectivity index (χ1) is 12.1. The van der Waals surface area contributed by atoms with Gasteiger partial charge in [-0.05, 0) is 68.8 Å². The first-order valence-electron chi connectivity index (χ1n) is 8.11. The number of rotatable bonds is 5. The van der Waals surface area contributed by atoms with Gasteiger partial charge in [0.2, 0.25) is 0 Å². The first kappa shape index (κ1) is 19.7. The fourth-order valence-corrected chi connectivity index (χ4v) is 2.97. The van der Waals surface area contributed by atoms with E-state index in [2.05, 4.69) is 10.6 Å². The van der Waals surface area contributed by atoms with Crippen molar-refractivity contribution in [2.75, 3.05) is 11.6 Å². The Hall–Kier alpha value is -2.67. The van der Waals surface area contributed by atoms with Crippen LogP contribution in [-0.4, -0.2) is 32.5 Å². The third kappa shape index (κ3) is 4.92. The molecule has 0 saturated heterocycles. The van der Waals surface area contributed by atoms with Crippen LogP contribution in [0.4, 0.5) is 5.69 Å². The van der Waals surface area contributed by atoms with Gasteiger partial charge in [-0.3, -0.25) is 9.59 Å². The van der Waals surface area contributed by atoms with Gasteiger partial charge in [-0.2, -0.15) is 0 Å². The second-order valence-corrected chi connectivity index (χ2v) is 8.42. The lowest BCUT2D eigenvalue weighted by Gasteiger charge is -2.12. The number of anilines is 1. The molecule has 0 spiro atoms. The van der Waals surface area contributed by atoms with E-state index in [-0.39, 0.29) is 22.8 Å². The number of hydrogen-bond acceptors (Lipinski definition) is 4. The predicted octanol–water partition coefficient (Wildman–Crippen LogP) is 2.79. The molecule has 0 fully saturated rings. The fourth-order valence-electron chi connectivity index (χ4n) is 2.34. The first-order valence-corrected chi connectivity index (χ1v) is 10.00. The van der Waals surface area contributed by atoms with Crippen molar-refractivity contribution in [2.24, 2.45) is 0 Å². The maximum Gasteiger partial charge on any atom is 0.255 e. The molecule has 2 amide bonds. The standard InChI is InChI=1S/C19H22N2O4S/c1-12(2)20-19(23)15-7-10-17(13(3)11-15)21-18(22)14-5-8-16(9-6-14)26(4,24)25/h5-12H,1-4H3,(H,20,23)(H,21,22). The average molecular weight is 374 g/mol. The molecule has 0 aliphatic carbocycles. The summed E-state index contributed by atoms with van der Waals surface area (Å²) in [6.45, 7) is 5.57. The van der Waals surface area contributed by atoms with Crippen LogP contribution in [0.1, 0.15) is 40.1 Å². The Balaban J connectivity index is 2.15. The van der Waals surface area contributed by atoms with Crippen LogP contribution < -0.4 is 10.6 Å². The highest BCUT2D eigenvalue weighted by atomic mass is 32.2. The van der Waals surface area contributed by atoms with Gasteiger partial charge in [0.05, 0.1) is 4.90 Å². The van der Waals surface area contributed by atoms with Crippen LogP contribution in [0.2, 0.25) is 0 Å². The number of amides is 2. The van der Waals surface area contributed by atoms with Crippen molar-refractivity contribution in [1.29, 1.82) is 0 Å². The van der Waals surface area contributed by atoms with E-state index in [1.807, 2.05) is 13.8 Å². The lowest BCUT2D eigenvalue weighted by atomic mass is 10.1. The van der Waals surface area contributed by atoms with Crippen LogP contribution in [0.15, 0.2) is 47.4 Å². The van der Waals surface area contributed by atoms with E-state index in [0.29, 0.717) is 16.8 Å². The van der Waals surface area contributed by atoms with Gasteiger partial charge in [-0.15, -0.1) is 0 Å². The number of nitrogens with one attached hydrogen (secondary N) is 2. The van der Waals surface area contributed by atoms with E-state index >= 15 is 0 Å². The predicted molar refractivity (Wildman–Crippen MR) is 101 cm³/mol. The Morgan fingerprint density at radius 2 is 1.50 bits per heavy atom. The molecule has 0 atom stereocenters. The third-order valence-corrected chi connectivity index (χ3v) is 4.83. The van der Waals surface area contributed by atoms with E-state index in [0.717, 1.165) is 11.8 Å². The minimum atomic E-state index is -3.30. The zero-order chi connectivity index (χ0) is 19.5. The molecule has 0 aliphatic heterocycles. The van der Waals surface area contributed by atoms with Crippen LogP contribution in [0.5, 0.6) is 0 Å². The topological polar surface area (TPSA) is 92.3 Å². The van der Waals surface area contributed by atoms with Gasteiger partial charge in [-0.25, -0.2) is 8.42 Å². The number of carbonyl (C=O) groups excluding carboxylic acids is 2. The van der Waals surface area contributed by atoms with Gasteiger partial charge >= 0.3 is 0 Å². The highest BCUT2D eigenvalue weighted by molar-refractivity contribution is 7.90. The summed E-state index contributed by atoms with van der Waals surface area (Å²) in [5.74, 6) is -0.523. The minimum Gasteiger partial charge on any atom is -0.350 e. The van der Waals surface area contributed by atoms with Gasteiger partial charge in [0.15, 0.2) is 9.84 Å². The zero-order valence-electron chi connectivity index (χ0n) is 15.2. The zero-order valence-corrected chi connectivity index (χ0v) is 16.0. The molecule has 0 bridgehead atoms. The van der Waals surface area contributed by atoms with Crippen molar-refractivity contribution in [2.45, 2.75) is 31.7 Å². The number of hydrogen-bond donors (Lipinski definition) is 2. The Kier molecular flexibility index (Phi) is 5.82. The van der Waals surface area contributed by atoms with Gasteiger partial charge in [-0.1, -0.05) is 0 Å². The van der Waals surface area contributed by atoms with E-state index in [1.54, 1.807) is 25.1 Å². The second kappa shape index (κ2) is 7.70. The maximum atomic E-state index is 12.4. The van der Waals surface area contributed by atoms with E-state index < -0.39 is 9.84 Å². The molecular weight excluding hydrogens is 352 g/mol. The number of carbonyl (C=O) groups is 2. The largest absolute Gasteiger partial charge is 0.350 e. The molecule has 6 nitrogen and oxygen atoms in total. The molecule has 2 rings (SSSR count). The van der Waals surface area contributed by atoms with Crippen molar-refractivity contribution < 1.29 is 18.0 Å². The van der Waals surface area contributed by atoms with E-state index in [4.69, 9.17) is 0 Å². The summed E-state index contributed by atoms with van der Waals surface area (Å²) >= 11 is 0. The van der Waals surface area contributed by atoms with Crippen LogP contribution in [0.3, 0.4) is 0 Å². The number of aryl methyl sites for hydroxylation is 1. The molecule has 7 heteroatoms. The molecule has 0 radical (unpaired) electrons. The summed E-state index contributed by atoms with van der Waals surface area (Å²) in [7, 11) is -3.30. The summed E-state index contributed by atoms with van der Waals surface area (Å²) in [5, 5.41) is 5.59. The molecule has 0 aliphatic rings. The van der Waals surface area contributed by atoms with Crippen molar-refractivity contribution >= 4 is 27.3 Å². The number of benzene rings is 2. The van der Waals surface area contributed by atoms with Crippen molar-refractivity contribution in [3.63, 3.8) is 0 Å². The van der Waals surface area contributed by atoms with Crippen LogP contribution >= 0.6 is 0 Å². The molecule has 2 aromatic carbocycles. The molecule has 2 aromatic rings. The normalized spacial score (nSPS) is 11.3. The average Bonchev–Trinajstić information content (AvgIpc) is 2.55. The van der Waals surface area contributed by atoms with Crippen LogP contribution in [0.25, 0.3) is 0 Å². The fraction of sp³-hybridized carbons (Fsp3) is 0.263. The highest BCUT2D eigenvalue weighted by Gasteiger charge is 2.13. The quantitative estimate of drug-likeness (QED) is 0.842. The molecule has 0 saturated carbocycles. The van der Waals surface area contributed by atoms with Gasteiger partial charge in [0, 0.05) is 29.1 Å². The summed E-state index contributed by atoms with van der Waals surface area (Å²) < 4.78 is 22.9. The van der Waals surface area contributed by atoms with Crippen LogP contribution in [-0.2, 0) is 9.84 Å². The summed E-state index contributed by atoms with van der Waals surface area (Å²) in [6, 6.07) is 10.8. The molecule has 0 heterocycles. The lowest BCUT2D eigenvalue weighted by Crippen LogP contribution is -2.30. The van der Waals surface area contributed by atoms with Crippen molar-refractivity contribution in [3.05, 3.63) is 59.2 Å². The monoisotopic (exact) mass is 374 g/mol. The van der Waals surface area contributed by atoms with Crippen molar-refractivity contribution in [1.82, 2.24) is 5.32 Å². The lowest BCUT2D eigenvalue weighted by molar-refractivity contribution is 0.0942. The Morgan fingerprint density at radius 3 is 2.00 bits per heavy atom. The second-order valence-electron chi connectivity index (χ2n) is 6.41. The molecule has 0 aromatic heterocycles. The van der Waals surface area contributed by atoms with E-state index in [1.165, 1.54) is 24.3 Å². The highest BCUT2D eigenvalue weighted by Crippen LogP contribution is 2.18. The van der Waals surface area contributed by atoms with Gasteiger partial charge in [0.25, 0.3) is 11.8 Å². The Labute approximate surface area is 153 Å². The van der Waals surface area contributed by atoms with Crippen molar-refractivity contribution in [3.8, 4) is 0 Å². The van der Waals surface area contributed by atoms with Crippen LogP contribution in [0, 0.1) is 6.92 Å². The maximum absolute atomic E-state index is 12.4. The molecule has 2 N–H and O–H groups in total. The summed E-state index contributed by atoms with van der Waals surface area (Å²) in [4.78, 5) is 24.5. The number of sulfone groups is 1. The minimum absolute atomic E-state index is 0.0390. The summed E-state index contributed by atoms with van der Waals surface area (Å²) in [6.07, 6.45) is 1.11. The third-order valence-electron chi connectivity index (χ3n) is 3.70. The molecule has 138 valence electrons. The molecular formula is C19H22N2O4S. The molecule has 0 unspecified atom stereocenters. The summed E-state index contributed by atoms with van der Waals surface area (Å²) in [5.41, 5.74) is 2.20. The Morgan fingerprint density at radius 1 is 0.923 bits per heavy atom. The SMILES string of the molecule is Cc1cc(C(=O)NC(C)C)ccc1NC(=O)c1ccc(S(C)(=O)=O)cc1. The van der Waals surface area contributed by atoms with Gasteiger partial charge in [0.1, 0.15) is 0 Å². The van der Waals surface area contributed by atoms with Gasteiger partial charge < -0.3 is 10.6 Å². The smallest absolute Gasteiger partial charge is 0.255 e. The molecule has 26 heavy (non-hydrogen) atoms.